The first-order valence-electron chi connectivity index (χ1n) is 18.8. The summed E-state index contributed by atoms with van der Waals surface area (Å²) in [6.07, 6.45) is 8.19. The fraction of sp³-hybridized carbons (Fsp3) is 0.109. The van der Waals surface area contributed by atoms with Gasteiger partial charge in [0.05, 0.1) is 0 Å². The summed E-state index contributed by atoms with van der Waals surface area (Å²) < 4.78 is 0. The summed E-state index contributed by atoms with van der Waals surface area (Å²) in [4.78, 5) is 68.4. The number of aromatic carboxylic acids is 4. The highest BCUT2D eigenvalue weighted by Crippen LogP contribution is 2.18. The number of carboxylic acids is 5. The SMILES string of the molecule is NCCCC[C@H](N)C(=O)O.O=C(O)c1nccc2ccccc12.O=C(O)c1nccc2ccccc12.O=C(O)c1nccc2ccccc12.O=C(O)c1nccc2ccccc12. The first-order valence-corrected chi connectivity index (χ1v) is 18.8. The molecule has 0 amide bonds. The number of unbranched alkanes of at least 4 members (excludes halogenated alkanes) is 1. The third-order valence-corrected chi connectivity index (χ3v) is 8.79. The number of fused-ring (bicyclic) bond motifs is 4. The lowest BCUT2D eigenvalue weighted by Crippen LogP contribution is -2.29. The minimum Gasteiger partial charge on any atom is -0.480 e. The first-order chi connectivity index (χ1) is 29.8. The summed E-state index contributed by atoms with van der Waals surface area (Å²) in [5.41, 5.74) is 10.9. The van der Waals surface area contributed by atoms with Gasteiger partial charge in [0.25, 0.3) is 0 Å². The molecule has 0 saturated heterocycles. The van der Waals surface area contributed by atoms with Crippen LogP contribution in [0.3, 0.4) is 0 Å². The molecule has 1 atom stereocenters. The zero-order valence-electron chi connectivity index (χ0n) is 33.0. The van der Waals surface area contributed by atoms with Crippen molar-refractivity contribution in [3.8, 4) is 0 Å². The maximum absolute atomic E-state index is 10.8. The summed E-state index contributed by atoms with van der Waals surface area (Å²) in [5.74, 6) is -4.89. The van der Waals surface area contributed by atoms with E-state index in [0.29, 0.717) is 34.5 Å². The number of hydrogen-bond donors (Lipinski definition) is 7. The zero-order valence-corrected chi connectivity index (χ0v) is 33.0. The van der Waals surface area contributed by atoms with Crippen LogP contribution in [0.2, 0.25) is 0 Å². The Morgan fingerprint density at radius 2 is 0.677 bits per heavy atom. The number of pyridine rings is 4. The van der Waals surface area contributed by atoms with Crippen LogP contribution in [0.15, 0.2) is 146 Å². The quantitative estimate of drug-likeness (QED) is 0.0704. The predicted octanol–water partition coefficient (Wildman–Crippen LogP) is 7.26. The average molecular weight is 839 g/mol. The molecule has 4 heterocycles. The van der Waals surface area contributed by atoms with Gasteiger partial charge in [-0.05, 0) is 65.2 Å². The molecule has 62 heavy (non-hydrogen) atoms. The van der Waals surface area contributed by atoms with E-state index in [9.17, 15) is 24.0 Å². The maximum atomic E-state index is 10.8. The van der Waals surface area contributed by atoms with E-state index in [4.69, 9.17) is 37.0 Å². The van der Waals surface area contributed by atoms with Crippen molar-refractivity contribution in [1.29, 1.82) is 0 Å². The third kappa shape index (κ3) is 13.2. The van der Waals surface area contributed by atoms with Gasteiger partial charge in [-0.25, -0.2) is 39.1 Å². The molecule has 0 bridgehead atoms. The molecular formula is C46H42N6O10. The summed E-state index contributed by atoms with van der Waals surface area (Å²) in [5, 5.41) is 49.9. The summed E-state index contributed by atoms with van der Waals surface area (Å²) >= 11 is 0. The van der Waals surface area contributed by atoms with Crippen molar-refractivity contribution >= 4 is 72.9 Å². The van der Waals surface area contributed by atoms with Crippen LogP contribution in [-0.4, -0.2) is 87.9 Å². The Hall–Kier alpha value is -8.21. The van der Waals surface area contributed by atoms with E-state index in [-0.39, 0.29) is 22.8 Å². The van der Waals surface area contributed by atoms with Crippen molar-refractivity contribution in [3.63, 3.8) is 0 Å². The average Bonchev–Trinajstić information content (AvgIpc) is 3.29. The van der Waals surface area contributed by atoms with E-state index in [1.165, 1.54) is 24.8 Å². The lowest BCUT2D eigenvalue weighted by atomic mass is 10.1. The molecular weight excluding hydrogens is 797 g/mol. The molecule has 0 aliphatic carbocycles. The first kappa shape index (κ1) is 46.5. The van der Waals surface area contributed by atoms with Crippen molar-refractivity contribution in [2.45, 2.75) is 25.3 Å². The van der Waals surface area contributed by atoms with Gasteiger partial charge in [-0.3, -0.25) is 4.79 Å². The fourth-order valence-electron chi connectivity index (χ4n) is 5.79. The van der Waals surface area contributed by atoms with Gasteiger partial charge >= 0.3 is 29.8 Å². The van der Waals surface area contributed by atoms with Gasteiger partial charge in [-0.1, -0.05) is 103 Å². The van der Waals surface area contributed by atoms with E-state index in [1.807, 2.05) is 48.5 Å². The minimum atomic E-state index is -0.989. The number of carbonyl (C=O) groups is 5. The number of carboxylic acid groups (broad SMARTS) is 5. The van der Waals surface area contributed by atoms with E-state index in [2.05, 4.69) is 19.9 Å². The van der Waals surface area contributed by atoms with Gasteiger partial charge in [0.2, 0.25) is 0 Å². The molecule has 0 spiro atoms. The second-order valence-electron chi connectivity index (χ2n) is 13.0. The number of hydrogen-bond acceptors (Lipinski definition) is 11. The van der Waals surface area contributed by atoms with E-state index >= 15 is 0 Å². The van der Waals surface area contributed by atoms with Crippen LogP contribution < -0.4 is 11.5 Å². The Morgan fingerprint density at radius 3 is 0.903 bits per heavy atom. The predicted molar refractivity (Wildman–Crippen MR) is 233 cm³/mol. The maximum Gasteiger partial charge on any atom is 0.355 e. The molecule has 0 aliphatic rings. The van der Waals surface area contributed by atoms with Crippen LogP contribution in [0, 0.1) is 0 Å². The molecule has 0 unspecified atom stereocenters. The molecule has 0 fully saturated rings. The number of nitrogens with zero attached hydrogens (tertiary/aromatic N) is 4. The lowest BCUT2D eigenvalue weighted by molar-refractivity contribution is -0.138. The summed E-state index contributed by atoms with van der Waals surface area (Å²) in [6.45, 7) is 0.604. The number of aromatic nitrogens is 4. The summed E-state index contributed by atoms with van der Waals surface area (Å²) in [6, 6.07) is 35.6. The Kier molecular flexibility index (Phi) is 17.5. The molecule has 4 aromatic carbocycles. The lowest BCUT2D eigenvalue weighted by Gasteiger charge is -2.03. The molecule has 0 radical (unpaired) electrons. The smallest absolute Gasteiger partial charge is 0.355 e. The van der Waals surface area contributed by atoms with Gasteiger partial charge in [0.1, 0.15) is 6.04 Å². The molecule has 8 rings (SSSR count). The second kappa shape index (κ2) is 23.4. The van der Waals surface area contributed by atoms with Crippen LogP contribution in [-0.2, 0) is 4.79 Å². The number of benzene rings is 4. The highest BCUT2D eigenvalue weighted by molar-refractivity contribution is 6.03. The highest BCUT2D eigenvalue weighted by atomic mass is 16.4. The van der Waals surface area contributed by atoms with Crippen molar-refractivity contribution < 1.29 is 49.5 Å². The van der Waals surface area contributed by atoms with Crippen molar-refractivity contribution in [2.75, 3.05) is 6.54 Å². The molecule has 4 aromatic heterocycles. The van der Waals surface area contributed by atoms with Gasteiger partial charge in [-0.2, -0.15) is 0 Å². The minimum absolute atomic E-state index is 0.109. The van der Waals surface area contributed by atoms with Crippen LogP contribution in [0.5, 0.6) is 0 Å². The molecule has 316 valence electrons. The molecule has 8 aromatic rings. The standard InChI is InChI=1S/4C10H7NO2.C6H14N2O2/c4*12-10(13)9-8-4-2-1-3-7(8)5-6-11-9;7-4-2-1-3-5(8)6(9)10/h4*1-6H,(H,12,13);5H,1-4,7-8H2,(H,9,10)/t;;;;5-/m....0/s1. The number of aliphatic carboxylic acids is 1. The van der Waals surface area contributed by atoms with Gasteiger partial charge in [0.15, 0.2) is 22.8 Å². The van der Waals surface area contributed by atoms with Crippen molar-refractivity contribution in [3.05, 3.63) is 169 Å². The van der Waals surface area contributed by atoms with Gasteiger partial charge in [0, 0.05) is 46.3 Å². The summed E-state index contributed by atoms with van der Waals surface area (Å²) in [7, 11) is 0. The van der Waals surface area contributed by atoms with Gasteiger partial charge in [-0.15, -0.1) is 0 Å². The van der Waals surface area contributed by atoms with E-state index in [1.54, 1.807) is 72.8 Å². The third-order valence-electron chi connectivity index (χ3n) is 8.79. The zero-order chi connectivity index (χ0) is 45.0. The molecule has 16 nitrogen and oxygen atoms in total. The second-order valence-corrected chi connectivity index (χ2v) is 13.0. The van der Waals surface area contributed by atoms with Crippen LogP contribution >= 0.6 is 0 Å². The fourth-order valence-corrected chi connectivity index (χ4v) is 5.79. The Morgan fingerprint density at radius 1 is 0.419 bits per heavy atom. The van der Waals surface area contributed by atoms with Gasteiger partial charge < -0.3 is 37.0 Å². The Balaban J connectivity index is 0.000000171. The molecule has 0 saturated carbocycles. The normalized spacial score (nSPS) is 10.6. The molecule has 16 heteroatoms. The Labute approximate surface area is 353 Å². The molecule has 0 aliphatic heterocycles. The van der Waals surface area contributed by atoms with Crippen LogP contribution in [0.25, 0.3) is 43.1 Å². The van der Waals surface area contributed by atoms with Crippen molar-refractivity contribution in [1.82, 2.24) is 19.9 Å². The van der Waals surface area contributed by atoms with E-state index in [0.717, 1.165) is 34.4 Å². The van der Waals surface area contributed by atoms with Crippen LogP contribution in [0.1, 0.15) is 61.2 Å². The highest BCUT2D eigenvalue weighted by Gasteiger charge is 2.11. The van der Waals surface area contributed by atoms with Crippen molar-refractivity contribution in [2.24, 2.45) is 11.5 Å². The molecule has 9 N–H and O–H groups in total. The van der Waals surface area contributed by atoms with E-state index < -0.39 is 35.9 Å². The topological polar surface area (TPSA) is 290 Å². The van der Waals surface area contributed by atoms with Crippen LogP contribution in [0.4, 0.5) is 0 Å². The number of rotatable bonds is 9. The monoisotopic (exact) mass is 838 g/mol. The Bertz CT molecular complexity index is 2440. The number of nitrogens with two attached hydrogens (primary N) is 2. The largest absolute Gasteiger partial charge is 0.480 e.